The molecule has 24 heavy (non-hydrogen) atoms. The van der Waals surface area contributed by atoms with E-state index in [0.29, 0.717) is 11.5 Å². The van der Waals surface area contributed by atoms with E-state index in [1.807, 2.05) is 0 Å². The van der Waals surface area contributed by atoms with Gasteiger partial charge in [0.1, 0.15) is 17.5 Å². The minimum atomic E-state index is -3.23. The monoisotopic (exact) mass is 344 g/mol. The van der Waals surface area contributed by atoms with Gasteiger partial charge in [0.15, 0.2) is 9.84 Å². The van der Waals surface area contributed by atoms with Crippen molar-refractivity contribution < 1.29 is 8.42 Å². The molecule has 0 atom stereocenters. The zero-order chi connectivity index (χ0) is 17.3. The Balaban J connectivity index is 2.00. The van der Waals surface area contributed by atoms with Crippen LogP contribution < -0.4 is 4.90 Å². The van der Waals surface area contributed by atoms with Gasteiger partial charge in [0.2, 0.25) is 0 Å². The lowest BCUT2D eigenvalue weighted by Gasteiger charge is -2.32. The number of sulfone groups is 1. The standard InChI is InChI=1S/C17H20N4O2S/c1-13-7-9-20(10-8-13)17-14(11-18)12-19-21(17)15-3-5-16(6-4-15)24(2,22)23/h3-6,12-13H,7-10H2,1-2H3. The van der Waals surface area contributed by atoms with E-state index in [1.165, 1.54) is 6.26 Å². The molecule has 1 aliphatic heterocycles. The van der Waals surface area contributed by atoms with E-state index in [-0.39, 0.29) is 4.90 Å². The van der Waals surface area contributed by atoms with Crippen LogP contribution in [0.4, 0.5) is 5.82 Å². The quantitative estimate of drug-likeness (QED) is 0.854. The van der Waals surface area contributed by atoms with E-state index in [2.05, 4.69) is 23.0 Å². The van der Waals surface area contributed by atoms with Gasteiger partial charge >= 0.3 is 0 Å². The highest BCUT2D eigenvalue weighted by molar-refractivity contribution is 7.90. The van der Waals surface area contributed by atoms with Gasteiger partial charge in [-0.3, -0.25) is 0 Å². The first kappa shape index (κ1) is 16.5. The number of anilines is 1. The van der Waals surface area contributed by atoms with Crippen molar-refractivity contribution in [2.45, 2.75) is 24.7 Å². The number of nitrogens with zero attached hydrogens (tertiary/aromatic N) is 4. The number of rotatable bonds is 3. The van der Waals surface area contributed by atoms with Gasteiger partial charge in [-0.15, -0.1) is 0 Å². The summed E-state index contributed by atoms with van der Waals surface area (Å²) in [5.74, 6) is 1.48. The fraction of sp³-hybridized carbons (Fsp3) is 0.412. The number of benzene rings is 1. The Hall–Kier alpha value is -2.33. The van der Waals surface area contributed by atoms with Crippen molar-refractivity contribution in [1.82, 2.24) is 9.78 Å². The molecule has 1 fully saturated rings. The van der Waals surface area contributed by atoms with Gasteiger partial charge in [-0.2, -0.15) is 10.4 Å². The third-order valence-electron chi connectivity index (χ3n) is 4.46. The number of hydrogen-bond donors (Lipinski definition) is 0. The SMILES string of the molecule is CC1CCN(c2c(C#N)cnn2-c2ccc(S(C)(=O)=O)cc2)CC1. The fourth-order valence-corrected chi connectivity index (χ4v) is 3.60. The lowest BCUT2D eigenvalue weighted by molar-refractivity contribution is 0.434. The van der Waals surface area contributed by atoms with Crippen LogP contribution in [0.2, 0.25) is 0 Å². The molecular formula is C17H20N4O2S. The smallest absolute Gasteiger partial charge is 0.175 e. The first-order valence-corrected chi connectivity index (χ1v) is 9.83. The van der Waals surface area contributed by atoms with E-state index < -0.39 is 9.84 Å². The average Bonchev–Trinajstić information content (AvgIpc) is 2.99. The fourth-order valence-electron chi connectivity index (χ4n) is 2.97. The van der Waals surface area contributed by atoms with Crippen LogP contribution in [0.1, 0.15) is 25.3 Å². The molecule has 126 valence electrons. The molecule has 0 spiro atoms. The highest BCUT2D eigenvalue weighted by Crippen LogP contribution is 2.28. The van der Waals surface area contributed by atoms with Gasteiger partial charge in [0.05, 0.1) is 16.8 Å². The summed E-state index contributed by atoms with van der Waals surface area (Å²) in [6, 6.07) is 8.79. The van der Waals surface area contributed by atoms with Crippen LogP contribution in [-0.4, -0.2) is 37.5 Å². The minimum Gasteiger partial charge on any atom is -0.355 e. The largest absolute Gasteiger partial charge is 0.355 e. The van der Waals surface area contributed by atoms with Crippen LogP contribution in [0, 0.1) is 17.2 Å². The van der Waals surface area contributed by atoms with Gasteiger partial charge in [-0.25, -0.2) is 13.1 Å². The molecule has 0 amide bonds. The third-order valence-corrected chi connectivity index (χ3v) is 5.59. The molecule has 2 heterocycles. The maximum absolute atomic E-state index is 11.6. The zero-order valence-corrected chi connectivity index (χ0v) is 14.6. The van der Waals surface area contributed by atoms with Gasteiger partial charge in [-0.05, 0) is 43.0 Å². The summed E-state index contributed by atoms with van der Waals surface area (Å²) in [6.45, 7) is 4.02. The van der Waals surface area contributed by atoms with Crippen molar-refractivity contribution in [2.24, 2.45) is 5.92 Å². The molecule has 1 aliphatic rings. The van der Waals surface area contributed by atoms with Gasteiger partial charge in [0.25, 0.3) is 0 Å². The summed E-state index contributed by atoms with van der Waals surface area (Å²) in [6.07, 6.45) is 4.92. The van der Waals surface area contributed by atoms with Crippen molar-refractivity contribution in [1.29, 1.82) is 5.26 Å². The van der Waals surface area contributed by atoms with Crippen LogP contribution in [0.25, 0.3) is 5.69 Å². The molecule has 7 heteroatoms. The summed E-state index contributed by atoms with van der Waals surface area (Å²) in [7, 11) is -3.23. The van der Waals surface area contributed by atoms with E-state index in [1.54, 1.807) is 35.1 Å². The van der Waals surface area contributed by atoms with Crippen molar-refractivity contribution in [3.05, 3.63) is 36.0 Å². The van der Waals surface area contributed by atoms with E-state index >= 15 is 0 Å². The molecule has 3 rings (SSSR count). The second-order valence-electron chi connectivity index (χ2n) is 6.34. The summed E-state index contributed by atoms with van der Waals surface area (Å²) >= 11 is 0. The number of hydrogen-bond acceptors (Lipinski definition) is 5. The Bertz CT molecular complexity index is 870. The van der Waals surface area contributed by atoms with Crippen molar-refractivity contribution in [3.63, 3.8) is 0 Å². The first-order chi connectivity index (χ1) is 11.4. The predicted molar refractivity (Wildman–Crippen MR) is 92.0 cm³/mol. The second-order valence-corrected chi connectivity index (χ2v) is 8.36. The Morgan fingerprint density at radius 2 is 1.83 bits per heavy atom. The topological polar surface area (TPSA) is 79.0 Å². The molecule has 1 aromatic carbocycles. The molecular weight excluding hydrogens is 324 g/mol. The maximum Gasteiger partial charge on any atom is 0.175 e. The van der Waals surface area contributed by atoms with E-state index in [0.717, 1.165) is 37.4 Å². The number of nitriles is 1. The Labute approximate surface area is 142 Å². The molecule has 2 aromatic rings. The van der Waals surface area contributed by atoms with E-state index in [4.69, 9.17) is 0 Å². The van der Waals surface area contributed by atoms with Gasteiger partial charge < -0.3 is 4.90 Å². The molecule has 1 saturated heterocycles. The molecule has 0 saturated carbocycles. The van der Waals surface area contributed by atoms with Crippen molar-refractivity contribution in [3.8, 4) is 11.8 Å². The summed E-state index contributed by atoms with van der Waals surface area (Å²) in [5, 5.41) is 13.7. The first-order valence-electron chi connectivity index (χ1n) is 7.93. The summed E-state index contributed by atoms with van der Waals surface area (Å²) < 4.78 is 24.9. The van der Waals surface area contributed by atoms with E-state index in [9.17, 15) is 13.7 Å². The van der Waals surface area contributed by atoms with Crippen LogP contribution in [0.15, 0.2) is 35.4 Å². The Morgan fingerprint density at radius 1 is 1.21 bits per heavy atom. The molecule has 0 aliphatic carbocycles. The highest BCUT2D eigenvalue weighted by atomic mass is 32.2. The van der Waals surface area contributed by atoms with Crippen LogP contribution in [0.3, 0.4) is 0 Å². The normalized spacial score (nSPS) is 16.1. The zero-order valence-electron chi connectivity index (χ0n) is 13.8. The highest BCUT2D eigenvalue weighted by Gasteiger charge is 2.23. The number of aromatic nitrogens is 2. The van der Waals surface area contributed by atoms with Crippen molar-refractivity contribution in [2.75, 3.05) is 24.2 Å². The number of piperidine rings is 1. The van der Waals surface area contributed by atoms with Crippen LogP contribution in [0.5, 0.6) is 0 Å². The lowest BCUT2D eigenvalue weighted by atomic mass is 9.99. The molecule has 0 N–H and O–H groups in total. The van der Waals surface area contributed by atoms with Crippen molar-refractivity contribution >= 4 is 15.7 Å². The summed E-state index contributed by atoms with van der Waals surface area (Å²) in [4.78, 5) is 2.46. The van der Waals surface area contributed by atoms with Crippen LogP contribution in [-0.2, 0) is 9.84 Å². The third kappa shape index (κ3) is 3.15. The molecule has 6 nitrogen and oxygen atoms in total. The maximum atomic E-state index is 11.6. The van der Waals surface area contributed by atoms with Gasteiger partial charge in [0, 0.05) is 19.3 Å². The molecule has 0 bridgehead atoms. The molecule has 1 aromatic heterocycles. The second kappa shape index (κ2) is 6.29. The Morgan fingerprint density at radius 3 is 2.38 bits per heavy atom. The molecule has 0 unspecified atom stereocenters. The minimum absolute atomic E-state index is 0.271. The Kier molecular flexibility index (Phi) is 4.33. The lowest BCUT2D eigenvalue weighted by Crippen LogP contribution is -2.34. The molecule has 0 radical (unpaired) electrons. The predicted octanol–water partition coefficient (Wildman–Crippen LogP) is 2.38. The van der Waals surface area contributed by atoms with Gasteiger partial charge in [-0.1, -0.05) is 6.92 Å². The average molecular weight is 344 g/mol. The summed E-state index contributed by atoms with van der Waals surface area (Å²) in [5.41, 5.74) is 1.29. The van der Waals surface area contributed by atoms with Crippen LogP contribution >= 0.6 is 0 Å².